The molecule has 0 aromatic carbocycles. The van der Waals surface area contributed by atoms with Gasteiger partial charge in [0.25, 0.3) is 0 Å². The minimum Gasteiger partial charge on any atom is -0.398 e. The molecule has 0 saturated heterocycles. The largest absolute Gasteiger partial charge is 0.398 e. The van der Waals surface area contributed by atoms with E-state index >= 15 is 0 Å². The molecule has 0 aliphatic rings. The molecule has 1 heterocycles. The molecule has 0 fully saturated rings. The fraction of sp³-hybridized carbons (Fsp3) is 0.545. The van der Waals surface area contributed by atoms with Gasteiger partial charge in [-0.3, -0.25) is 4.98 Å². The van der Waals surface area contributed by atoms with Crippen molar-refractivity contribution in [3.8, 4) is 0 Å². The number of pyridine rings is 1. The lowest BCUT2D eigenvalue weighted by Gasteiger charge is -2.30. The highest BCUT2D eigenvalue weighted by Crippen LogP contribution is 2.31. The number of nitrogen functional groups attached to an aromatic ring is 1. The fourth-order valence-corrected chi connectivity index (χ4v) is 1.31. The van der Waals surface area contributed by atoms with Gasteiger partial charge in [-0.1, -0.05) is 20.8 Å². The highest BCUT2D eigenvalue weighted by molar-refractivity contribution is 5.46. The summed E-state index contributed by atoms with van der Waals surface area (Å²) in [6.07, 6.45) is 1.16. The molecule has 0 aliphatic carbocycles. The van der Waals surface area contributed by atoms with Crippen molar-refractivity contribution in [1.82, 2.24) is 4.98 Å². The minimum atomic E-state index is -1.00. The normalized spacial score (nSPS) is 16.1. The zero-order chi connectivity index (χ0) is 11.6. The van der Waals surface area contributed by atoms with E-state index in [1.807, 2.05) is 20.8 Å². The van der Waals surface area contributed by atoms with Crippen LogP contribution in [0.3, 0.4) is 0 Å². The lowest BCUT2D eigenvalue weighted by Crippen LogP contribution is -2.32. The van der Waals surface area contributed by atoms with Crippen molar-refractivity contribution in [2.24, 2.45) is 5.41 Å². The fourth-order valence-electron chi connectivity index (χ4n) is 1.31. The number of aliphatic hydroxyl groups is 2. The first kappa shape index (κ1) is 11.9. The summed E-state index contributed by atoms with van der Waals surface area (Å²) in [6.45, 7) is 5.56. The number of nitrogens with zero attached hydrogens (tertiary/aromatic N) is 1. The number of hydrogen-bond donors (Lipinski definition) is 3. The molecule has 4 N–H and O–H groups in total. The van der Waals surface area contributed by atoms with Crippen LogP contribution in [0.25, 0.3) is 0 Å². The number of nitrogens with two attached hydrogens (primary N) is 1. The second-order valence-electron chi connectivity index (χ2n) is 4.76. The van der Waals surface area contributed by atoms with Gasteiger partial charge in [-0.15, -0.1) is 0 Å². The lowest BCUT2D eigenvalue weighted by atomic mass is 9.83. The monoisotopic (exact) mass is 210 g/mol. The molecule has 84 valence electrons. The average Bonchev–Trinajstić information content (AvgIpc) is 2.15. The minimum absolute atomic E-state index is 0.401. The van der Waals surface area contributed by atoms with Crippen molar-refractivity contribution < 1.29 is 10.2 Å². The maximum atomic E-state index is 9.94. The first-order valence-corrected chi connectivity index (χ1v) is 4.89. The van der Waals surface area contributed by atoms with Crippen molar-refractivity contribution in [3.63, 3.8) is 0 Å². The zero-order valence-corrected chi connectivity index (χ0v) is 9.31. The standard InChI is InChI=1S/C11H18N2O2/c1-11(2,3)10(15)9(14)7-6-13-5-4-8(7)12/h4-6,9-10,14-15H,1-3H3,(H2,12,13). The van der Waals surface area contributed by atoms with Gasteiger partial charge in [0.05, 0.1) is 6.10 Å². The van der Waals surface area contributed by atoms with Crippen LogP contribution in [0.2, 0.25) is 0 Å². The van der Waals surface area contributed by atoms with Gasteiger partial charge in [-0.2, -0.15) is 0 Å². The van der Waals surface area contributed by atoms with E-state index in [0.717, 1.165) is 0 Å². The molecule has 0 aliphatic heterocycles. The molecule has 1 aromatic rings. The Morgan fingerprint density at radius 1 is 1.33 bits per heavy atom. The Labute approximate surface area is 89.8 Å². The Kier molecular flexibility index (Phi) is 3.31. The van der Waals surface area contributed by atoms with Gasteiger partial charge in [0.1, 0.15) is 6.10 Å². The molecule has 0 saturated carbocycles. The molecule has 0 radical (unpaired) electrons. The predicted molar refractivity (Wildman–Crippen MR) is 59.1 cm³/mol. The molecule has 0 amide bonds. The highest BCUT2D eigenvalue weighted by Gasteiger charge is 2.31. The van der Waals surface area contributed by atoms with Crippen LogP contribution < -0.4 is 5.73 Å². The number of rotatable bonds is 2. The molecule has 1 rings (SSSR count). The van der Waals surface area contributed by atoms with E-state index in [1.165, 1.54) is 6.20 Å². The van der Waals surface area contributed by atoms with Gasteiger partial charge in [-0.25, -0.2) is 0 Å². The second-order valence-corrected chi connectivity index (χ2v) is 4.76. The molecular formula is C11H18N2O2. The summed E-state index contributed by atoms with van der Waals surface area (Å²) in [7, 11) is 0. The molecular weight excluding hydrogens is 192 g/mol. The molecule has 2 atom stereocenters. The average molecular weight is 210 g/mol. The molecule has 2 unspecified atom stereocenters. The molecule has 1 aromatic heterocycles. The Bertz CT molecular complexity index is 334. The molecule has 4 heteroatoms. The number of hydrogen-bond acceptors (Lipinski definition) is 4. The van der Waals surface area contributed by atoms with Crippen molar-refractivity contribution in [2.45, 2.75) is 33.0 Å². The Balaban J connectivity index is 2.95. The van der Waals surface area contributed by atoms with E-state index in [0.29, 0.717) is 11.3 Å². The van der Waals surface area contributed by atoms with Crippen LogP contribution in [0.5, 0.6) is 0 Å². The van der Waals surface area contributed by atoms with Gasteiger partial charge < -0.3 is 15.9 Å². The third-order valence-electron chi connectivity index (χ3n) is 2.39. The van der Waals surface area contributed by atoms with Crippen molar-refractivity contribution >= 4 is 5.69 Å². The summed E-state index contributed by atoms with van der Waals surface area (Å²) in [5.74, 6) is 0. The molecule has 4 nitrogen and oxygen atoms in total. The molecule has 0 spiro atoms. The first-order valence-electron chi connectivity index (χ1n) is 4.89. The van der Waals surface area contributed by atoms with Crippen LogP contribution in [-0.2, 0) is 0 Å². The van der Waals surface area contributed by atoms with Crippen LogP contribution in [0, 0.1) is 5.41 Å². The SMILES string of the molecule is CC(C)(C)C(O)C(O)c1cnccc1N. The van der Waals surface area contributed by atoms with Crippen LogP contribution in [0.1, 0.15) is 32.4 Å². The number of anilines is 1. The second kappa shape index (κ2) is 4.16. The number of aliphatic hydroxyl groups excluding tert-OH is 2. The molecule has 15 heavy (non-hydrogen) atoms. The van der Waals surface area contributed by atoms with Crippen LogP contribution in [-0.4, -0.2) is 21.3 Å². The summed E-state index contributed by atoms with van der Waals surface area (Å²) in [5.41, 5.74) is 6.21. The summed E-state index contributed by atoms with van der Waals surface area (Å²) in [5, 5.41) is 19.8. The van der Waals surface area contributed by atoms with E-state index in [9.17, 15) is 10.2 Å². The van der Waals surface area contributed by atoms with Crippen molar-refractivity contribution in [2.75, 3.05) is 5.73 Å². The van der Waals surface area contributed by atoms with Gasteiger partial charge in [0, 0.05) is 23.6 Å². The van der Waals surface area contributed by atoms with Crippen molar-refractivity contribution in [1.29, 1.82) is 0 Å². The van der Waals surface area contributed by atoms with Gasteiger partial charge >= 0.3 is 0 Å². The summed E-state index contributed by atoms with van der Waals surface area (Å²) < 4.78 is 0. The van der Waals surface area contributed by atoms with Crippen LogP contribution >= 0.6 is 0 Å². The van der Waals surface area contributed by atoms with E-state index < -0.39 is 17.6 Å². The van der Waals surface area contributed by atoms with E-state index in [1.54, 1.807) is 12.3 Å². The highest BCUT2D eigenvalue weighted by atomic mass is 16.3. The third kappa shape index (κ3) is 2.67. The topological polar surface area (TPSA) is 79.4 Å². The first-order chi connectivity index (χ1) is 6.84. The van der Waals surface area contributed by atoms with E-state index in [2.05, 4.69) is 4.98 Å². The predicted octanol–water partition coefficient (Wildman–Crippen LogP) is 1.10. The van der Waals surface area contributed by atoms with Crippen molar-refractivity contribution in [3.05, 3.63) is 24.0 Å². The Morgan fingerprint density at radius 2 is 1.93 bits per heavy atom. The number of aromatic nitrogens is 1. The van der Waals surface area contributed by atoms with Crippen LogP contribution in [0.15, 0.2) is 18.5 Å². The van der Waals surface area contributed by atoms with Gasteiger partial charge in [0.2, 0.25) is 0 Å². The maximum absolute atomic E-state index is 9.94. The maximum Gasteiger partial charge on any atom is 0.109 e. The lowest BCUT2D eigenvalue weighted by molar-refractivity contribution is -0.0456. The van der Waals surface area contributed by atoms with Crippen LogP contribution in [0.4, 0.5) is 5.69 Å². The van der Waals surface area contributed by atoms with Gasteiger partial charge in [0.15, 0.2) is 0 Å². The molecule has 0 bridgehead atoms. The Morgan fingerprint density at radius 3 is 2.40 bits per heavy atom. The smallest absolute Gasteiger partial charge is 0.109 e. The quantitative estimate of drug-likeness (QED) is 0.683. The summed E-state index contributed by atoms with van der Waals surface area (Å²) in [6, 6.07) is 1.61. The van der Waals surface area contributed by atoms with E-state index in [-0.39, 0.29) is 0 Å². The zero-order valence-electron chi connectivity index (χ0n) is 9.31. The van der Waals surface area contributed by atoms with Gasteiger partial charge in [-0.05, 0) is 11.5 Å². The van der Waals surface area contributed by atoms with E-state index in [4.69, 9.17) is 5.73 Å². The summed E-state index contributed by atoms with van der Waals surface area (Å²) in [4.78, 5) is 3.88. The third-order valence-corrected chi connectivity index (χ3v) is 2.39. The Hall–Kier alpha value is -1.13. The summed E-state index contributed by atoms with van der Waals surface area (Å²) >= 11 is 0.